The second-order valence-corrected chi connectivity index (χ2v) is 10.5. The van der Waals surface area contributed by atoms with Crippen LogP contribution >= 0.6 is 0 Å². The van der Waals surface area contributed by atoms with E-state index in [0.717, 1.165) is 23.0 Å². The van der Waals surface area contributed by atoms with Crippen LogP contribution in [0.2, 0.25) is 0 Å². The van der Waals surface area contributed by atoms with Crippen LogP contribution in [0.4, 0.5) is 16.0 Å². The largest absolute Gasteiger partial charge is 0.384 e. The molecular weight excluding hydrogens is 487 g/mol. The van der Waals surface area contributed by atoms with Gasteiger partial charge in [0.1, 0.15) is 11.4 Å². The lowest BCUT2D eigenvalue weighted by atomic mass is 9.84. The fourth-order valence-corrected chi connectivity index (χ4v) is 4.97. The molecule has 0 unspecified atom stereocenters. The third-order valence-electron chi connectivity index (χ3n) is 7.13. The monoisotopic (exact) mass is 518 g/mol. The summed E-state index contributed by atoms with van der Waals surface area (Å²) in [5.41, 5.74) is 1.19. The summed E-state index contributed by atoms with van der Waals surface area (Å²) in [6, 6.07) is 8.87. The minimum Gasteiger partial charge on any atom is -0.384 e. The Morgan fingerprint density at radius 1 is 1.18 bits per heavy atom. The highest BCUT2D eigenvalue weighted by atomic mass is 19.1. The van der Waals surface area contributed by atoms with Gasteiger partial charge in [-0.3, -0.25) is 9.89 Å². The van der Waals surface area contributed by atoms with Crippen molar-refractivity contribution < 1.29 is 14.3 Å². The quantitative estimate of drug-likeness (QED) is 0.289. The van der Waals surface area contributed by atoms with Gasteiger partial charge in [-0.05, 0) is 69.4 Å². The lowest BCUT2D eigenvalue weighted by Gasteiger charge is -2.28. The topological polar surface area (TPSA) is 134 Å². The molecular formula is C27H31FN8O2. The highest BCUT2D eigenvalue weighted by Gasteiger charge is 2.50. The lowest BCUT2D eigenvalue weighted by Crippen LogP contribution is -2.40. The smallest absolute Gasteiger partial charge is 0.226 e. The molecule has 0 saturated heterocycles. The van der Waals surface area contributed by atoms with Crippen molar-refractivity contribution in [2.24, 2.45) is 5.41 Å². The van der Waals surface area contributed by atoms with Crippen LogP contribution in [0.5, 0.6) is 0 Å². The van der Waals surface area contributed by atoms with Gasteiger partial charge in [-0.25, -0.2) is 19.0 Å². The van der Waals surface area contributed by atoms with Crippen LogP contribution in [-0.4, -0.2) is 41.0 Å². The lowest BCUT2D eigenvalue weighted by molar-refractivity contribution is -0.131. The first-order chi connectivity index (χ1) is 18.0. The van der Waals surface area contributed by atoms with Crippen LogP contribution in [0.25, 0.3) is 5.82 Å². The Balaban J connectivity index is 1.27. The molecule has 1 amide bonds. The molecule has 0 aliphatic heterocycles. The Morgan fingerprint density at radius 3 is 2.66 bits per heavy atom. The van der Waals surface area contributed by atoms with Gasteiger partial charge in [0.05, 0.1) is 24.1 Å². The average Bonchev–Trinajstić information content (AvgIpc) is 3.58. The minimum absolute atomic E-state index is 0.142. The second-order valence-electron chi connectivity index (χ2n) is 10.5. The highest BCUT2D eigenvalue weighted by Crippen LogP contribution is 2.49. The first-order valence-corrected chi connectivity index (χ1v) is 12.5. The van der Waals surface area contributed by atoms with Gasteiger partial charge >= 0.3 is 0 Å². The van der Waals surface area contributed by atoms with Crippen molar-refractivity contribution in [1.29, 1.82) is 0 Å². The van der Waals surface area contributed by atoms with E-state index in [1.54, 1.807) is 12.3 Å². The number of nitrogens with one attached hydrogen (secondary N) is 3. The van der Waals surface area contributed by atoms with Crippen molar-refractivity contribution in [3.05, 3.63) is 77.3 Å². The summed E-state index contributed by atoms with van der Waals surface area (Å²) in [4.78, 5) is 22.4. The highest BCUT2D eigenvalue weighted by molar-refractivity contribution is 5.83. The van der Waals surface area contributed by atoms with E-state index in [4.69, 9.17) is 0 Å². The van der Waals surface area contributed by atoms with Gasteiger partial charge in [-0.15, -0.1) is 0 Å². The first-order valence-electron chi connectivity index (χ1n) is 12.5. The fourth-order valence-electron chi connectivity index (χ4n) is 4.97. The Morgan fingerprint density at radius 2 is 2.00 bits per heavy atom. The maximum atomic E-state index is 13.4. The number of carbonyl (C=O) groups excluding carboxylic acids is 1. The molecule has 1 fully saturated rings. The molecule has 1 saturated carbocycles. The van der Waals surface area contributed by atoms with E-state index in [0.29, 0.717) is 36.0 Å². The van der Waals surface area contributed by atoms with E-state index < -0.39 is 16.8 Å². The molecule has 0 spiro atoms. The number of hydrogen-bond donors (Lipinski definition) is 4. The molecule has 11 heteroatoms. The number of amides is 1. The SMILES string of the molecule is Cc1cc(Nc2cc(C)[nH]n2)nc([C@@]2(O)CC[C@](C)(C(=O)N[C@@H](C)c3ccc(-n4cc(F)cn4)nc3)C2)c1. The van der Waals surface area contributed by atoms with Crippen molar-refractivity contribution in [3.8, 4) is 5.82 Å². The zero-order valence-electron chi connectivity index (χ0n) is 21.8. The fraction of sp³-hybridized carbons (Fsp3) is 0.370. The van der Waals surface area contributed by atoms with E-state index in [1.165, 1.54) is 10.9 Å². The van der Waals surface area contributed by atoms with Crippen LogP contribution in [0.15, 0.2) is 48.9 Å². The van der Waals surface area contributed by atoms with Crippen molar-refractivity contribution >= 4 is 17.5 Å². The van der Waals surface area contributed by atoms with E-state index in [-0.39, 0.29) is 18.4 Å². The summed E-state index contributed by atoms with van der Waals surface area (Å²) >= 11 is 0. The van der Waals surface area contributed by atoms with Gasteiger partial charge < -0.3 is 15.7 Å². The summed E-state index contributed by atoms with van der Waals surface area (Å²) in [7, 11) is 0. The summed E-state index contributed by atoms with van der Waals surface area (Å²) < 4.78 is 14.6. The number of aryl methyl sites for hydroxylation is 2. The Labute approximate surface area is 219 Å². The molecule has 38 heavy (non-hydrogen) atoms. The summed E-state index contributed by atoms with van der Waals surface area (Å²) in [6.07, 6.45) is 5.18. The van der Waals surface area contributed by atoms with Crippen molar-refractivity contribution in [2.45, 2.75) is 58.6 Å². The van der Waals surface area contributed by atoms with E-state index >= 15 is 0 Å². The van der Waals surface area contributed by atoms with E-state index in [1.807, 2.05) is 52.0 Å². The molecule has 1 aliphatic rings. The van der Waals surface area contributed by atoms with Crippen LogP contribution in [0.3, 0.4) is 0 Å². The predicted molar refractivity (Wildman–Crippen MR) is 139 cm³/mol. The normalized spacial score (nSPS) is 21.8. The minimum atomic E-state index is -1.23. The molecule has 0 radical (unpaired) electrons. The molecule has 4 aromatic heterocycles. The number of halogens is 1. The number of aliphatic hydroxyl groups is 1. The van der Waals surface area contributed by atoms with Gasteiger partial charge in [-0.1, -0.05) is 13.0 Å². The molecule has 3 atom stereocenters. The predicted octanol–water partition coefficient (Wildman–Crippen LogP) is 4.14. The zero-order chi connectivity index (χ0) is 27.1. The molecule has 4 N–H and O–H groups in total. The number of hydrogen-bond acceptors (Lipinski definition) is 7. The molecule has 198 valence electrons. The second kappa shape index (κ2) is 9.64. The standard InChI is InChI=1S/C27H31FN8O2/c1-16-9-21(32-22(10-16)33-23-11-17(2)34-35-23)27(38)8-7-26(4,15-27)25(37)31-18(3)19-5-6-24(29-12-19)36-14-20(28)13-30-36/h5-6,9-14,18,38H,7-8,15H2,1-4H3,(H,31,37)(H2,32,33,34,35)/t18-,26-,27+/m0/s1. The number of H-pyrrole nitrogens is 1. The van der Waals surface area contributed by atoms with Gasteiger partial charge in [-0.2, -0.15) is 10.2 Å². The summed E-state index contributed by atoms with van der Waals surface area (Å²) in [5.74, 6) is 1.12. The maximum absolute atomic E-state index is 13.4. The Kier molecular flexibility index (Phi) is 6.47. The zero-order valence-corrected chi connectivity index (χ0v) is 21.8. The van der Waals surface area contributed by atoms with Crippen molar-refractivity contribution in [1.82, 2.24) is 35.3 Å². The number of aromatic amines is 1. The van der Waals surface area contributed by atoms with Crippen LogP contribution < -0.4 is 10.6 Å². The average molecular weight is 519 g/mol. The van der Waals surface area contributed by atoms with Crippen LogP contribution in [0.1, 0.15) is 61.7 Å². The maximum Gasteiger partial charge on any atom is 0.226 e. The molecule has 0 bridgehead atoms. The number of anilines is 2. The number of aromatic nitrogens is 6. The Bertz CT molecular complexity index is 1470. The molecule has 1 aliphatic carbocycles. The van der Waals surface area contributed by atoms with E-state index in [2.05, 4.69) is 35.9 Å². The third-order valence-corrected chi connectivity index (χ3v) is 7.13. The molecule has 10 nitrogen and oxygen atoms in total. The number of carbonyl (C=O) groups is 1. The Hall–Kier alpha value is -4.12. The number of rotatable bonds is 7. The van der Waals surface area contributed by atoms with Crippen molar-refractivity contribution in [2.75, 3.05) is 5.32 Å². The summed E-state index contributed by atoms with van der Waals surface area (Å²) in [5, 5.41) is 28.9. The van der Waals surface area contributed by atoms with Gasteiger partial charge in [0.2, 0.25) is 5.91 Å². The molecule has 4 heterocycles. The third kappa shape index (κ3) is 5.14. The van der Waals surface area contributed by atoms with Gasteiger partial charge in [0.25, 0.3) is 0 Å². The van der Waals surface area contributed by atoms with Gasteiger partial charge in [0, 0.05) is 23.4 Å². The number of pyridine rings is 2. The summed E-state index contributed by atoms with van der Waals surface area (Å²) in [6.45, 7) is 7.61. The molecule has 5 rings (SSSR count). The molecule has 4 aromatic rings. The first kappa shape index (κ1) is 25.5. The van der Waals surface area contributed by atoms with Crippen LogP contribution in [0, 0.1) is 25.1 Å². The van der Waals surface area contributed by atoms with Gasteiger partial charge in [0.15, 0.2) is 17.5 Å². The van der Waals surface area contributed by atoms with Crippen LogP contribution in [-0.2, 0) is 10.4 Å². The molecule has 0 aromatic carbocycles. The van der Waals surface area contributed by atoms with Crippen molar-refractivity contribution in [3.63, 3.8) is 0 Å². The number of nitrogens with zero attached hydrogens (tertiary/aromatic N) is 5. The van der Waals surface area contributed by atoms with E-state index in [9.17, 15) is 14.3 Å².